The number of piperidine rings is 1. The Morgan fingerprint density at radius 3 is 2.05 bits per heavy atom. The van der Waals surface area contributed by atoms with E-state index in [-0.39, 0.29) is 18.2 Å². The number of carbonyl (C=O) groups is 2. The van der Waals surface area contributed by atoms with E-state index in [1.165, 1.54) is 7.11 Å². The Morgan fingerprint density at radius 1 is 0.763 bits per heavy atom. The fourth-order valence-electron chi connectivity index (χ4n) is 4.76. The van der Waals surface area contributed by atoms with Crippen LogP contribution in [0.2, 0.25) is 0 Å². The number of hydrogen-bond donors (Lipinski definition) is 1. The number of amides is 2. The highest BCUT2D eigenvalue weighted by Crippen LogP contribution is 2.43. The molecule has 0 bridgehead atoms. The van der Waals surface area contributed by atoms with Gasteiger partial charge in [-0.05, 0) is 60.5 Å². The molecule has 1 aliphatic rings. The second kappa shape index (κ2) is 11.8. The first-order valence-corrected chi connectivity index (χ1v) is 12.1. The first-order valence-electron chi connectivity index (χ1n) is 12.1. The van der Waals surface area contributed by atoms with E-state index in [2.05, 4.69) is 5.32 Å². The van der Waals surface area contributed by atoms with E-state index in [9.17, 15) is 9.59 Å². The zero-order valence-electron chi connectivity index (χ0n) is 22.1. The van der Waals surface area contributed by atoms with Gasteiger partial charge in [-0.3, -0.25) is 9.59 Å². The quantitative estimate of drug-likeness (QED) is 0.431. The molecule has 3 aromatic carbocycles. The first kappa shape index (κ1) is 26.7. The van der Waals surface area contributed by atoms with Gasteiger partial charge in [0.25, 0.3) is 0 Å². The van der Waals surface area contributed by atoms with Gasteiger partial charge in [0.2, 0.25) is 11.8 Å². The summed E-state index contributed by atoms with van der Waals surface area (Å²) in [5.74, 6) is 1.92. The number of nitrogens with zero attached hydrogens (tertiary/aromatic N) is 1. The van der Waals surface area contributed by atoms with Crippen molar-refractivity contribution in [2.24, 2.45) is 5.92 Å². The number of rotatable bonds is 9. The van der Waals surface area contributed by atoms with E-state index >= 15 is 0 Å². The van der Waals surface area contributed by atoms with E-state index in [4.69, 9.17) is 23.7 Å². The minimum absolute atomic E-state index is 0.0824. The van der Waals surface area contributed by atoms with Crippen molar-refractivity contribution in [2.45, 2.75) is 18.9 Å². The lowest BCUT2D eigenvalue weighted by Crippen LogP contribution is -2.47. The number of methoxy groups -OCH3 is 5. The van der Waals surface area contributed by atoms with Crippen LogP contribution in [0.15, 0.2) is 60.7 Å². The van der Waals surface area contributed by atoms with E-state index in [1.807, 2.05) is 24.3 Å². The van der Waals surface area contributed by atoms with Gasteiger partial charge < -0.3 is 33.9 Å². The van der Waals surface area contributed by atoms with Crippen LogP contribution in [0.1, 0.15) is 24.4 Å². The summed E-state index contributed by atoms with van der Waals surface area (Å²) < 4.78 is 27.0. The molecule has 2 amide bonds. The molecule has 1 aliphatic heterocycles. The molecule has 4 rings (SSSR count). The summed E-state index contributed by atoms with van der Waals surface area (Å²) in [6.07, 6.45) is 0.586. The van der Waals surface area contributed by atoms with Gasteiger partial charge >= 0.3 is 0 Å². The number of carbonyl (C=O) groups excluding carboxylic acids is 2. The third-order valence-electron chi connectivity index (χ3n) is 6.70. The molecule has 1 heterocycles. The predicted octanol–water partition coefficient (Wildman–Crippen LogP) is 4.85. The van der Waals surface area contributed by atoms with Crippen molar-refractivity contribution >= 4 is 23.2 Å². The van der Waals surface area contributed by atoms with Crippen LogP contribution in [0, 0.1) is 5.92 Å². The second-order valence-corrected chi connectivity index (χ2v) is 8.72. The molecule has 0 spiro atoms. The zero-order chi connectivity index (χ0) is 27.2. The van der Waals surface area contributed by atoms with Gasteiger partial charge in [0.05, 0.1) is 53.2 Å². The summed E-state index contributed by atoms with van der Waals surface area (Å²) in [4.78, 5) is 28.9. The molecule has 0 aromatic heterocycles. The third-order valence-corrected chi connectivity index (χ3v) is 6.70. The topological polar surface area (TPSA) is 95.6 Å². The Balaban J connectivity index is 1.77. The predicted molar refractivity (Wildman–Crippen MR) is 144 cm³/mol. The van der Waals surface area contributed by atoms with Crippen LogP contribution in [0.3, 0.4) is 0 Å². The summed E-state index contributed by atoms with van der Waals surface area (Å²) in [5.41, 5.74) is 1.92. The van der Waals surface area contributed by atoms with E-state index in [0.29, 0.717) is 46.5 Å². The lowest BCUT2D eigenvalue weighted by Gasteiger charge is -2.41. The molecular formula is C29H32N2O7. The summed E-state index contributed by atoms with van der Waals surface area (Å²) >= 11 is 0. The van der Waals surface area contributed by atoms with Crippen LogP contribution in [0.5, 0.6) is 28.7 Å². The molecule has 0 radical (unpaired) electrons. The Hall–Kier alpha value is -4.40. The molecule has 9 heteroatoms. The summed E-state index contributed by atoms with van der Waals surface area (Å²) in [6, 6.07) is 17.2. The molecule has 0 aliphatic carbocycles. The first-order chi connectivity index (χ1) is 18.4. The second-order valence-electron chi connectivity index (χ2n) is 8.72. The van der Waals surface area contributed by atoms with Crippen LogP contribution in [0.4, 0.5) is 11.4 Å². The Kier molecular flexibility index (Phi) is 8.25. The Labute approximate surface area is 222 Å². The zero-order valence-corrected chi connectivity index (χ0v) is 22.1. The highest BCUT2D eigenvalue weighted by molar-refractivity contribution is 6.00. The normalized spacial score (nSPS) is 17.0. The molecule has 0 saturated carbocycles. The van der Waals surface area contributed by atoms with Gasteiger partial charge in [-0.1, -0.05) is 6.07 Å². The van der Waals surface area contributed by atoms with Crippen LogP contribution in [0.25, 0.3) is 0 Å². The van der Waals surface area contributed by atoms with Crippen molar-refractivity contribution in [1.82, 2.24) is 0 Å². The van der Waals surface area contributed by atoms with E-state index in [1.54, 1.807) is 69.7 Å². The van der Waals surface area contributed by atoms with Crippen molar-refractivity contribution in [1.29, 1.82) is 0 Å². The molecule has 1 fully saturated rings. The van der Waals surface area contributed by atoms with Crippen molar-refractivity contribution in [3.8, 4) is 28.7 Å². The Bertz CT molecular complexity index is 1290. The maximum Gasteiger partial charge on any atom is 0.230 e. The fourth-order valence-corrected chi connectivity index (χ4v) is 4.76. The smallest absolute Gasteiger partial charge is 0.230 e. The standard InChI is InChI=1S/C29H32N2O7/c1-34-20-9-7-19(8-10-20)31-27(32)15-12-22(28(31)18-6-14-24(36-3)26(16-18)38-5)29(33)30-23-13-11-21(35-2)17-25(23)37-4/h6-11,13-14,16-17,22,28H,12,15H2,1-5H3,(H,30,33)/t22-,28-/m0/s1. The molecule has 200 valence electrons. The van der Waals surface area contributed by atoms with Crippen molar-refractivity contribution in [3.05, 3.63) is 66.2 Å². The van der Waals surface area contributed by atoms with Crippen molar-refractivity contribution in [2.75, 3.05) is 45.8 Å². The van der Waals surface area contributed by atoms with Crippen LogP contribution < -0.4 is 33.9 Å². The molecule has 0 unspecified atom stereocenters. The highest BCUT2D eigenvalue weighted by atomic mass is 16.5. The SMILES string of the molecule is COc1ccc(N2C(=O)CC[C@H](C(=O)Nc3ccc(OC)cc3OC)[C@@H]2c2ccc(OC)c(OC)c2)cc1. The number of nitrogens with one attached hydrogen (secondary N) is 1. The molecule has 1 saturated heterocycles. The van der Waals surface area contributed by atoms with Crippen LogP contribution in [-0.2, 0) is 9.59 Å². The Morgan fingerprint density at radius 2 is 1.42 bits per heavy atom. The average molecular weight is 521 g/mol. The fraction of sp³-hybridized carbons (Fsp3) is 0.310. The molecule has 1 N–H and O–H groups in total. The number of ether oxygens (including phenoxy) is 5. The monoisotopic (exact) mass is 520 g/mol. The van der Waals surface area contributed by atoms with Crippen LogP contribution in [-0.4, -0.2) is 47.4 Å². The van der Waals surface area contributed by atoms with Gasteiger partial charge in [-0.2, -0.15) is 0 Å². The minimum Gasteiger partial charge on any atom is -0.497 e. The van der Waals surface area contributed by atoms with Gasteiger partial charge in [-0.25, -0.2) is 0 Å². The van der Waals surface area contributed by atoms with Crippen molar-refractivity contribution < 1.29 is 33.3 Å². The van der Waals surface area contributed by atoms with Gasteiger partial charge in [0, 0.05) is 18.2 Å². The largest absolute Gasteiger partial charge is 0.497 e. The number of anilines is 2. The number of hydrogen-bond acceptors (Lipinski definition) is 7. The van der Waals surface area contributed by atoms with E-state index < -0.39 is 12.0 Å². The molecule has 3 aromatic rings. The summed E-state index contributed by atoms with van der Waals surface area (Å²) in [7, 11) is 7.79. The summed E-state index contributed by atoms with van der Waals surface area (Å²) in [5, 5.41) is 3.01. The minimum atomic E-state index is -0.603. The molecule has 9 nitrogen and oxygen atoms in total. The van der Waals surface area contributed by atoms with Crippen LogP contribution >= 0.6 is 0 Å². The maximum atomic E-state index is 13.8. The highest BCUT2D eigenvalue weighted by Gasteiger charge is 2.42. The lowest BCUT2D eigenvalue weighted by atomic mass is 9.83. The molecule has 38 heavy (non-hydrogen) atoms. The lowest BCUT2D eigenvalue weighted by molar-refractivity contribution is -0.126. The van der Waals surface area contributed by atoms with Gasteiger partial charge in [0.15, 0.2) is 11.5 Å². The molecule has 2 atom stereocenters. The number of benzene rings is 3. The van der Waals surface area contributed by atoms with Gasteiger partial charge in [-0.15, -0.1) is 0 Å². The van der Waals surface area contributed by atoms with Crippen molar-refractivity contribution in [3.63, 3.8) is 0 Å². The third kappa shape index (κ3) is 5.32. The van der Waals surface area contributed by atoms with Gasteiger partial charge in [0.1, 0.15) is 17.2 Å². The summed E-state index contributed by atoms with van der Waals surface area (Å²) in [6.45, 7) is 0. The average Bonchev–Trinajstić information content (AvgIpc) is 2.96. The molecular weight excluding hydrogens is 488 g/mol. The maximum absolute atomic E-state index is 13.8. The van der Waals surface area contributed by atoms with E-state index in [0.717, 1.165) is 5.56 Å².